The van der Waals surface area contributed by atoms with Crippen LogP contribution in [0, 0.1) is 12.8 Å². The highest BCUT2D eigenvalue weighted by Crippen LogP contribution is 2.19. The van der Waals surface area contributed by atoms with Crippen LogP contribution in [0.15, 0.2) is 29.3 Å². The van der Waals surface area contributed by atoms with Crippen molar-refractivity contribution in [3.05, 3.63) is 29.8 Å². The largest absolute Gasteiger partial charge is 0.489 e. The number of para-hydroxylation sites is 1. The molecule has 2 rings (SSSR count). The number of hydrogen-bond donors (Lipinski definition) is 1. The highest BCUT2D eigenvalue weighted by molar-refractivity contribution is 5.80. The minimum absolute atomic E-state index is 0.0236. The molecule has 2 atom stereocenters. The second kappa shape index (κ2) is 11.8. The van der Waals surface area contributed by atoms with Crippen LogP contribution < -0.4 is 10.1 Å². The normalized spacial score (nSPS) is 18.6. The first-order valence-corrected chi connectivity index (χ1v) is 9.96. The number of hydrogen-bond acceptors (Lipinski definition) is 4. The molecule has 1 aromatic rings. The van der Waals surface area contributed by atoms with Crippen molar-refractivity contribution in [2.24, 2.45) is 10.9 Å². The minimum atomic E-state index is 0.0236. The molecule has 1 aliphatic rings. The number of benzene rings is 1. The van der Waals surface area contributed by atoms with Crippen molar-refractivity contribution < 1.29 is 14.2 Å². The number of methoxy groups -OCH3 is 1. The molecule has 0 spiro atoms. The van der Waals surface area contributed by atoms with E-state index in [9.17, 15) is 0 Å². The van der Waals surface area contributed by atoms with Gasteiger partial charge in [0.25, 0.3) is 0 Å². The highest BCUT2D eigenvalue weighted by Gasteiger charge is 2.25. The molecule has 0 bridgehead atoms. The van der Waals surface area contributed by atoms with E-state index in [1.165, 1.54) is 0 Å². The maximum Gasteiger partial charge on any atom is 0.194 e. The Kier molecular flexibility index (Phi) is 9.42. The van der Waals surface area contributed by atoms with E-state index in [-0.39, 0.29) is 6.10 Å². The maximum absolute atomic E-state index is 6.05. The molecule has 6 heteroatoms. The van der Waals surface area contributed by atoms with Gasteiger partial charge in [-0.05, 0) is 38.8 Å². The summed E-state index contributed by atoms with van der Waals surface area (Å²) < 4.78 is 16.8. The van der Waals surface area contributed by atoms with E-state index in [2.05, 4.69) is 37.1 Å². The Hall–Kier alpha value is -1.79. The Morgan fingerprint density at radius 2 is 2.15 bits per heavy atom. The molecule has 1 heterocycles. The molecule has 0 saturated carbocycles. The molecule has 6 nitrogen and oxygen atoms in total. The number of aryl methyl sites for hydroxylation is 1. The summed E-state index contributed by atoms with van der Waals surface area (Å²) >= 11 is 0. The van der Waals surface area contributed by atoms with E-state index < -0.39 is 0 Å². The van der Waals surface area contributed by atoms with Crippen LogP contribution in [0.5, 0.6) is 5.75 Å². The van der Waals surface area contributed by atoms with Gasteiger partial charge >= 0.3 is 0 Å². The summed E-state index contributed by atoms with van der Waals surface area (Å²) in [4.78, 5) is 7.14. The van der Waals surface area contributed by atoms with E-state index >= 15 is 0 Å². The van der Waals surface area contributed by atoms with Gasteiger partial charge in [-0.15, -0.1) is 0 Å². The quantitative estimate of drug-likeness (QED) is 0.386. The smallest absolute Gasteiger partial charge is 0.194 e. The summed E-state index contributed by atoms with van der Waals surface area (Å²) in [5, 5.41) is 3.41. The molecule has 1 aliphatic heterocycles. The van der Waals surface area contributed by atoms with Gasteiger partial charge in [-0.25, -0.2) is 4.99 Å². The number of nitrogens with zero attached hydrogens (tertiary/aromatic N) is 2. The Bertz CT molecular complexity index is 580. The van der Waals surface area contributed by atoms with Crippen molar-refractivity contribution in [2.75, 3.05) is 53.1 Å². The molecule has 1 N–H and O–H groups in total. The molecule has 152 valence electrons. The zero-order chi connectivity index (χ0) is 19.5. The summed E-state index contributed by atoms with van der Waals surface area (Å²) in [6.07, 6.45) is 1.16. The van der Waals surface area contributed by atoms with Gasteiger partial charge in [0.15, 0.2) is 5.96 Å². The van der Waals surface area contributed by atoms with Gasteiger partial charge in [-0.2, -0.15) is 0 Å². The fourth-order valence-electron chi connectivity index (χ4n) is 3.14. The number of guanidine groups is 1. The van der Waals surface area contributed by atoms with Crippen molar-refractivity contribution >= 4 is 5.96 Å². The Balaban J connectivity index is 1.84. The first kappa shape index (κ1) is 21.5. The van der Waals surface area contributed by atoms with Crippen LogP contribution >= 0.6 is 0 Å². The molecule has 0 aromatic heterocycles. The van der Waals surface area contributed by atoms with E-state index in [4.69, 9.17) is 19.2 Å². The second-order valence-corrected chi connectivity index (χ2v) is 7.06. The Morgan fingerprint density at radius 3 is 2.89 bits per heavy atom. The van der Waals surface area contributed by atoms with Gasteiger partial charge in [0, 0.05) is 32.7 Å². The number of rotatable bonds is 10. The lowest BCUT2D eigenvalue weighted by atomic mass is 10.1. The summed E-state index contributed by atoms with van der Waals surface area (Å²) in [5.41, 5.74) is 1.15. The molecule has 2 unspecified atom stereocenters. The number of likely N-dealkylation sites (tertiary alicyclic amines) is 1. The Morgan fingerprint density at radius 1 is 1.33 bits per heavy atom. The van der Waals surface area contributed by atoms with Crippen LogP contribution in [-0.4, -0.2) is 70.1 Å². The highest BCUT2D eigenvalue weighted by atomic mass is 16.5. The van der Waals surface area contributed by atoms with Crippen molar-refractivity contribution in [3.8, 4) is 5.75 Å². The van der Waals surface area contributed by atoms with Crippen molar-refractivity contribution in [3.63, 3.8) is 0 Å². The monoisotopic (exact) mass is 377 g/mol. The summed E-state index contributed by atoms with van der Waals surface area (Å²) in [7, 11) is 1.70. The second-order valence-electron chi connectivity index (χ2n) is 7.06. The number of nitrogens with one attached hydrogen (secondary N) is 1. The zero-order valence-corrected chi connectivity index (χ0v) is 17.2. The molecule has 1 fully saturated rings. The van der Waals surface area contributed by atoms with E-state index in [1.54, 1.807) is 7.11 Å². The SMILES string of the molecule is CCNC(=NCC(C)Oc1ccccc1C)N1CCC(COCCOC)C1. The standard InChI is InChI=1S/C21H35N3O3/c1-5-22-21(24-11-10-19(15-24)16-26-13-12-25-4)23-14-18(3)27-20-9-7-6-8-17(20)2/h6-9,18-19H,5,10-16H2,1-4H3,(H,22,23). The average Bonchev–Trinajstić information content (AvgIpc) is 3.13. The van der Waals surface area contributed by atoms with Crippen LogP contribution in [0.25, 0.3) is 0 Å². The lowest BCUT2D eigenvalue weighted by Gasteiger charge is -2.22. The Labute approximate surface area is 163 Å². The molecule has 27 heavy (non-hydrogen) atoms. The fourth-order valence-corrected chi connectivity index (χ4v) is 3.14. The molecular weight excluding hydrogens is 342 g/mol. The third-order valence-electron chi connectivity index (χ3n) is 4.63. The topological polar surface area (TPSA) is 55.3 Å². The van der Waals surface area contributed by atoms with Crippen LogP contribution in [0.4, 0.5) is 0 Å². The fraction of sp³-hybridized carbons (Fsp3) is 0.667. The minimum Gasteiger partial charge on any atom is -0.489 e. The summed E-state index contributed by atoms with van der Waals surface area (Å²) in [5.74, 6) is 2.45. The summed E-state index contributed by atoms with van der Waals surface area (Å²) in [6, 6.07) is 8.10. The van der Waals surface area contributed by atoms with E-state index in [0.717, 1.165) is 49.9 Å². The zero-order valence-electron chi connectivity index (χ0n) is 17.2. The van der Waals surface area contributed by atoms with E-state index in [1.807, 2.05) is 18.2 Å². The van der Waals surface area contributed by atoms with Gasteiger partial charge in [0.2, 0.25) is 0 Å². The first-order valence-electron chi connectivity index (χ1n) is 9.96. The van der Waals surface area contributed by atoms with Crippen LogP contribution in [0.1, 0.15) is 25.8 Å². The van der Waals surface area contributed by atoms with Crippen LogP contribution in [0.2, 0.25) is 0 Å². The van der Waals surface area contributed by atoms with Gasteiger partial charge in [-0.3, -0.25) is 0 Å². The van der Waals surface area contributed by atoms with Crippen molar-refractivity contribution in [1.82, 2.24) is 10.2 Å². The van der Waals surface area contributed by atoms with Crippen LogP contribution in [-0.2, 0) is 9.47 Å². The first-order chi connectivity index (χ1) is 13.1. The van der Waals surface area contributed by atoms with Gasteiger partial charge in [-0.1, -0.05) is 18.2 Å². The average molecular weight is 378 g/mol. The number of ether oxygens (including phenoxy) is 3. The summed E-state index contributed by atoms with van der Waals surface area (Å²) in [6.45, 7) is 11.8. The van der Waals surface area contributed by atoms with Crippen LogP contribution in [0.3, 0.4) is 0 Å². The lowest BCUT2D eigenvalue weighted by molar-refractivity contribution is 0.0536. The predicted molar refractivity (Wildman–Crippen MR) is 110 cm³/mol. The third kappa shape index (κ3) is 7.39. The van der Waals surface area contributed by atoms with Crippen molar-refractivity contribution in [1.29, 1.82) is 0 Å². The van der Waals surface area contributed by atoms with E-state index in [0.29, 0.717) is 25.7 Å². The molecular formula is C21H35N3O3. The third-order valence-corrected chi connectivity index (χ3v) is 4.63. The lowest BCUT2D eigenvalue weighted by Crippen LogP contribution is -2.41. The molecule has 0 aliphatic carbocycles. The molecule has 0 amide bonds. The van der Waals surface area contributed by atoms with Gasteiger partial charge < -0.3 is 24.4 Å². The van der Waals surface area contributed by atoms with Crippen molar-refractivity contribution in [2.45, 2.75) is 33.3 Å². The predicted octanol–water partition coefficient (Wildman–Crippen LogP) is 2.71. The van der Waals surface area contributed by atoms with Gasteiger partial charge in [0.1, 0.15) is 11.9 Å². The maximum atomic E-state index is 6.05. The molecule has 1 aromatic carbocycles. The number of aliphatic imine (C=N–C) groups is 1. The van der Waals surface area contributed by atoms with Gasteiger partial charge in [0.05, 0.1) is 26.4 Å². The molecule has 1 saturated heterocycles. The molecule has 0 radical (unpaired) electrons.